The Bertz CT molecular complexity index is 1780. The maximum absolute atomic E-state index is 15.7. The number of methoxy groups -OCH3 is 1. The summed E-state index contributed by atoms with van der Waals surface area (Å²) in [6.45, 7) is 3.16. The number of hydrogen-bond acceptors (Lipinski definition) is 7. The van der Waals surface area contributed by atoms with E-state index in [1.807, 2.05) is 6.07 Å². The first kappa shape index (κ1) is 31.8. The average molecular weight is 698 g/mol. The molecule has 8 rings (SSSR count). The van der Waals surface area contributed by atoms with Crippen molar-refractivity contribution in [3.05, 3.63) is 80.6 Å². The minimum Gasteiger partial charge on any atom is -0.478 e. The van der Waals surface area contributed by atoms with E-state index in [1.165, 1.54) is 4.90 Å². The molecule has 2 unspecified atom stereocenters. The van der Waals surface area contributed by atoms with Crippen LogP contribution in [0.4, 0.5) is 10.1 Å². The van der Waals surface area contributed by atoms with Gasteiger partial charge in [-0.15, -0.1) is 0 Å². The highest BCUT2D eigenvalue weighted by Gasteiger charge is 2.54. The van der Waals surface area contributed by atoms with Crippen LogP contribution in [0.3, 0.4) is 0 Å². The van der Waals surface area contributed by atoms with Crippen LogP contribution in [0.1, 0.15) is 57.0 Å². The molecule has 0 radical (unpaired) electrons. The third kappa shape index (κ3) is 5.15. The van der Waals surface area contributed by atoms with Crippen LogP contribution in [0.5, 0.6) is 5.75 Å². The van der Waals surface area contributed by atoms with Gasteiger partial charge in [-0.25, -0.2) is 9.18 Å². The molecule has 3 aromatic carbocycles. The minimum absolute atomic E-state index is 0.0121. The molecule has 1 N–H and O–H groups in total. The van der Waals surface area contributed by atoms with E-state index in [1.54, 1.807) is 37.4 Å². The van der Waals surface area contributed by atoms with E-state index in [0.717, 1.165) is 31.0 Å². The lowest BCUT2D eigenvalue weighted by Gasteiger charge is -2.50. The number of fused-ring (bicyclic) bond motifs is 3. The first-order chi connectivity index (χ1) is 23.2. The third-order valence-electron chi connectivity index (χ3n) is 10.9. The summed E-state index contributed by atoms with van der Waals surface area (Å²) in [5.41, 5.74) is 2.71. The number of carbonyl (C=O) groups is 2. The second-order valence-electron chi connectivity index (χ2n) is 13.5. The highest BCUT2D eigenvalue weighted by molar-refractivity contribution is 6.40. The molecule has 4 heterocycles. The van der Waals surface area contributed by atoms with Gasteiger partial charge < -0.3 is 33.9 Å². The molecule has 3 saturated heterocycles. The molecule has 1 saturated carbocycles. The molecule has 1 amide bonds. The monoisotopic (exact) mass is 696 g/mol. The Morgan fingerprint density at radius 1 is 1.02 bits per heavy atom. The Morgan fingerprint density at radius 2 is 1.75 bits per heavy atom. The summed E-state index contributed by atoms with van der Waals surface area (Å²) in [6, 6.07) is 11.7. The molecule has 4 fully saturated rings. The van der Waals surface area contributed by atoms with Gasteiger partial charge in [-0.1, -0.05) is 41.4 Å². The van der Waals surface area contributed by atoms with Crippen LogP contribution in [0.2, 0.25) is 10.0 Å². The second-order valence-corrected chi connectivity index (χ2v) is 14.3. The molecular formula is C36H35Cl2FN2O7. The van der Waals surface area contributed by atoms with Gasteiger partial charge in [0.25, 0.3) is 5.91 Å². The SMILES string of the molecule is CO[C@H]1CCOC12CN(c1cc(Cl)c(C(=O)N3COc4c(cccc4-c4cc(C5C6CCC5COC6)c(C(=O)O)cc4F)C3)c(Cl)c1)C2. The van der Waals surface area contributed by atoms with E-state index in [9.17, 15) is 14.7 Å². The van der Waals surface area contributed by atoms with E-state index in [-0.39, 0.29) is 75.4 Å². The number of rotatable bonds is 6. The summed E-state index contributed by atoms with van der Waals surface area (Å²) in [7, 11) is 1.70. The van der Waals surface area contributed by atoms with Crippen molar-refractivity contribution in [3.8, 4) is 16.9 Å². The van der Waals surface area contributed by atoms with Crippen molar-refractivity contribution in [1.82, 2.24) is 4.90 Å². The Labute approximate surface area is 287 Å². The largest absolute Gasteiger partial charge is 0.478 e. The zero-order valence-electron chi connectivity index (χ0n) is 26.3. The molecule has 1 aliphatic carbocycles. The van der Waals surface area contributed by atoms with E-state index >= 15 is 4.39 Å². The van der Waals surface area contributed by atoms with E-state index in [4.69, 9.17) is 42.1 Å². The second kappa shape index (κ2) is 12.2. The number of carboxylic acid groups (broad SMARTS) is 1. The molecule has 0 aromatic heterocycles. The van der Waals surface area contributed by atoms with Crippen LogP contribution >= 0.6 is 23.2 Å². The number of ether oxygens (including phenoxy) is 4. The fraction of sp³-hybridized carbons (Fsp3) is 0.444. The fourth-order valence-corrected chi connectivity index (χ4v) is 9.18. The Kier molecular flexibility index (Phi) is 8.07. The van der Waals surface area contributed by atoms with E-state index in [0.29, 0.717) is 55.4 Å². The quantitative estimate of drug-likeness (QED) is 0.307. The number of amides is 1. The summed E-state index contributed by atoms with van der Waals surface area (Å²) >= 11 is 13.4. The van der Waals surface area contributed by atoms with Gasteiger partial charge >= 0.3 is 5.97 Å². The first-order valence-electron chi connectivity index (χ1n) is 16.3. The van der Waals surface area contributed by atoms with Gasteiger partial charge in [0.15, 0.2) is 6.73 Å². The highest BCUT2D eigenvalue weighted by atomic mass is 35.5. The number of para-hydroxylation sites is 1. The number of carbonyl (C=O) groups excluding carboxylic acids is 1. The van der Waals surface area contributed by atoms with Crippen molar-refractivity contribution in [1.29, 1.82) is 0 Å². The lowest BCUT2D eigenvalue weighted by Crippen LogP contribution is -2.67. The molecule has 3 aromatic rings. The predicted octanol–water partition coefficient (Wildman–Crippen LogP) is 6.62. The summed E-state index contributed by atoms with van der Waals surface area (Å²) in [5, 5.41) is 10.5. The Balaban J connectivity index is 1.05. The third-order valence-corrected chi connectivity index (χ3v) is 11.5. The van der Waals surface area contributed by atoms with Crippen LogP contribution in [0.15, 0.2) is 42.5 Å². The molecule has 9 nitrogen and oxygen atoms in total. The smallest absolute Gasteiger partial charge is 0.336 e. The van der Waals surface area contributed by atoms with Crippen molar-refractivity contribution < 1.29 is 38.0 Å². The lowest BCUT2D eigenvalue weighted by molar-refractivity contribution is -0.0891. The van der Waals surface area contributed by atoms with Crippen molar-refractivity contribution in [2.75, 3.05) is 51.7 Å². The van der Waals surface area contributed by atoms with Gasteiger partial charge in [-0.3, -0.25) is 4.79 Å². The number of carboxylic acids is 1. The van der Waals surface area contributed by atoms with Crippen LogP contribution in [0.25, 0.3) is 11.1 Å². The van der Waals surface area contributed by atoms with Gasteiger partial charge in [0.2, 0.25) is 0 Å². The molecule has 3 atom stereocenters. The molecule has 12 heteroatoms. The maximum atomic E-state index is 15.7. The van der Waals surface area contributed by atoms with Crippen molar-refractivity contribution >= 4 is 40.8 Å². The highest BCUT2D eigenvalue weighted by Crippen LogP contribution is 2.50. The number of benzene rings is 3. The average Bonchev–Trinajstić information content (AvgIpc) is 3.60. The summed E-state index contributed by atoms with van der Waals surface area (Å²) < 4.78 is 39.3. The Hall–Kier alpha value is -3.41. The van der Waals surface area contributed by atoms with E-state index < -0.39 is 11.8 Å². The molecule has 5 aliphatic rings. The van der Waals surface area contributed by atoms with Crippen molar-refractivity contribution in [3.63, 3.8) is 0 Å². The normalized spacial score (nSPS) is 25.5. The first-order valence-corrected chi connectivity index (χ1v) is 17.0. The maximum Gasteiger partial charge on any atom is 0.336 e. The standard InChI is InChI=1S/C36H35Cl2FN2O7/c1-45-30-7-8-48-36(30)16-41(17-36)22-9-27(37)32(28(38)10-22)34(42)40-13-19-3-2-4-23(33(19)47-18-40)24-11-25(26(35(43)44)12-29(24)39)31-20-5-6-21(31)15-46-14-20/h2-4,9-12,20-21,30-31H,5-8,13-18H2,1H3,(H,43,44)/t20?,21?,30-,31?/m0/s1. The number of aromatic carboxylic acids is 1. The van der Waals surface area contributed by atoms with Crippen LogP contribution in [-0.2, 0) is 20.8 Å². The lowest BCUT2D eigenvalue weighted by atomic mass is 9.79. The van der Waals surface area contributed by atoms with Gasteiger partial charge in [0.05, 0.1) is 53.5 Å². The van der Waals surface area contributed by atoms with Gasteiger partial charge in [-0.2, -0.15) is 0 Å². The fourth-order valence-electron chi connectivity index (χ4n) is 8.54. The topological polar surface area (TPSA) is 97.8 Å². The molecule has 2 bridgehead atoms. The van der Waals surface area contributed by atoms with Crippen molar-refractivity contribution in [2.24, 2.45) is 11.8 Å². The zero-order valence-corrected chi connectivity index (χ0v) is 27.9. The number of hydrogen-bond donors (Lipinski definition) is 1. The van der Waals surface area contributed by atoms with Gasteiger partial charge in [-0.05, 0) is 66.8 Å². The minimum atomic E-state index is -1.15. The summed E-state index contributed by atoms with van der Waals surface area (Å²) in [6.07, 6.45) is 2.79. The molecule has 1 spiro atoms. The number of halogens is 3. The molecule has 252 valence electrons. The summed E-state index contributed by atoms with van der Waals surface area (Å²) in [4.78, 5) is 29.7. The van der Waals surface area contributed by atoms with Gasteiger partial charge in [0, 0.05) is 42.7 Å². The zero-order chi connectivity index (χ0) is 33.3. The summed E-state index contributed by atoms with van der Waals surface area (Å²) in [5.74, 6) is -1.36. The van der Waals surface area contributed by atoms with Gasteiger partial charge in [0.1, 0.15) is 17.2 Å². The molecule has 48 heavy (non-hydrogen) atoms. The number of anilines is 1. The Morgan fingerprint density at radius 3 is 2.44 bits per heavy atom. The molecular weight excluding hydrogens is 662 g/mol. The predicted molar refractivity (Wildman–Crippen MR) is 177 cm³/mol. The van der Waals surface area contributed by atoms with E-state index in [2.05, 4.69) is 4.90 Å². The van der Waals surface area contributed by atoms with Crippen molar-refractivity contribution in [2.45, 2.75) is 43.4 Å². The van der Waals surface area contributed by atoms with Crippen LogP contribution < -0.4 is 9.64 Å². The molecule has 4 aliphatic heterocycles. The number of nitrogens with zero attached hydrogens (tertiary/aromatic N) is 2. The van der Waals surface area contributed by atoms with Crippen LogP contribution in [-0.4, -0.2) is 80.3 Å². The van der Waals surface area contributed by atoms with Crippen LogP contribution in [0, 0.1) is 17.7 Å².